The molecule has 0 aliphatic heterocycles. The summed E-state index contributed by atoms with van der Waals surface area (Å²) in [6, 6.07) is 28.5. The monoisotopic (exact) mass is 825 g/mol. The van der Waals surface area contributed by atoms with E-state index in [9.17, 15) is 0 Å². The Labute approximate surface area is 290 Å². The molecule has 0 amide bonds. The first-order chi connectivity index (χ1) is 20.6. The summed E-state index contributed by atoms with van der Waals surface area (Å²) in [7, 11) is -1.80. The quantitative estimate of drug-likeness (QED) is 0.0683. The van der Waals surface area contributed by atoms with Crippen LogP contribution in [0.3, 0.4) is 0 Å². The smallest absolute Gasteiger partial charge is 0.200 e. The second-order valence-electron chi connectivity index (χ2n) is 12.7. The molecule has 3 aromatic carbocycles. The van der Waals surface area contributed by atoms with E-state index in [1.807, 2.05) is 0 Å². The van der Waals surface area contributed by atoms with Crippen LogP contribution in [0.5, 0.6) is 0 Å². The molecule has 0 bridgehead atoms. The standard InChI is InChI=1S/C37H53I2NO2Si/c1-29(2)43(30(3)4,31(5)6)42-24-16-8-15-23-40(26-33-19-11-13-21-36(33)38)35(25-32-17-9-7-10-18-32)28-41-27-34-20-12-14-22-37(34)39/h7,9-14,17-22,29-31,35H,8,15-16,23-28H2,1-6H3. The number of halogens is 2. The summed E-state index contributed by atoms with van der Waals surface area (Å²) in [5.41, 5.74) is 5.92. The van der Waals surface area contributed by atoms with Crippen LogP contribution in [0.4, 0.5) is 0 Å². The highest BCUT2D eigenvalue weighted by Crippen LogP contribution is 2.42. The molecule has 0 heterocycles. The average molecular weight is 826 g/mol. The Morgan fingerprint density at radius 3 is 1.81 bits per heavy atom. The average Bonchev–Trinajstić information content (AvgIpc) is 2.97. The molecule has 3 rings (SSSR count). The molecule has 0 fully saturated rings. The number of benzene rings is 3. The minimum absolute atomic E-state index is 0.291. The lowest BCUT2D eigenvalue weighted by molar-refractivity contribution is 0.0451. The first-order valence-corrected chi connectivity index (χ1v) is 20.4. The fraction of sp³-hybridized carbons (Fsp3) is 0.514. The van der Waals surface area contributed by atoms with Crippen LogP contribution in [-0.4, -0.2) is 39.0 Å². The molecule has 6 heteroatoms. The van der Waals surface area contributed by atoms with Crippen molar-refractivity contribution < 1.29 is 9.16 Å². The van der Waals surface area contributed by atoms with E-state index in [2.05, 4.69) is 170 Å². The molecule has 0 radical (unpaired) electrons. The molecule has 236 valence electrons. The summed E-state index contributed by atoms with van der Waals surface area (Å²) in [5, 5.41) is 0. The van der Waals surface area contributed by atoms with E-state index in [4.69, 9.17) is 9.16 Å². The van der Waals surface area contributed by atoms with E-state index < -0.39 is 8.32 Å². The van der Waals surface area contributed by atoms with Crippen molar-refractivity contribution in [2.24, 2.45) is 0 Å². The molecule has 3 nitrogen and oxygen atoms in total. The van der Waals surface area contributed by atoms with Crippen molar-refractivity contribution >= 4 is 53.5 Å². The van der Waals surface area contributed by atoms with E-state index in [0.29, 0.717) is 35.9 Å². The second-order valence-corrected chi connectivity index (χ2v) is 20.5. The van der Waals surface area contributed by atoms with Crippen molar-refractivity contribution in [3.05, 3.63) is 103 Å². The van der Waals surface area contributed by atoms with E-state index in [1.54, 1.807) is 0 Å². The van der Waals surface area contributed by atoms with Gasteiger partial charge in [-0.05, 0) is 123 Å². The van der Waals surface area contributed by atoms with Gasteiger partial charge in [-0.2, -0.15) is 0 Å². The number of hydrogen-bond donors (Lipinski definition) is 0. The van der Waals surface area contributed by atoms with Crippen LogP contribution >= 0.6 is 45.2 Å². The fourth-order valence-corrected chi connectivity index (χ4v) is 13.3. The summed E-state index contributed by atoms with van der Waals surface area (Å²) in [5.74, 6) is 0. The summed E-state index contributed by atoms with van der Waals surface area (Å²) in [6.45, 7) is 18.5. The lowest BCUT2D eigenvalue weighted by Gasteiger charge is -2.42. The largest absolute Gasteiger partial charge is 0.416 e. The van der Waals surface area contributed by atoms with Crippen molar-refractivity contribution in [1.82, 2.24) is 4.90 Å². The van der Waals surface area contributed by atoms with Crippen molar-refractivity contribution in [1.29, 1.82) is 0 Å². The van der Waals surface area contributed by atoms with Crippen LogP contribution < -0.4 is 0 Å². The maximum absolute atomic E-state index is 6.87. The van der Waals surface area contributed by atoms with Gasteiger partial charge in [0, 0.05) is 26.3 Å². The number of unbranched alkanes of at least 4 members (excludes halogenated alkanes) is 2. The lowest BCUT2D eigenvalue weighted by Crippen LogP contribution is -2.48. The van der Waals surface area contributed by atoms with Crippen LogP contribution in [0.2, 0.25) is 16.6 Å². The molecular formula is C37H53I2NO2Si. The van der Waals surface area contributed by atoms with Crippen LogP contribution in [0.1, 0.15) is 77.5 Å². The molecule has 0 aromatic heterocycles. The highest BCUT2D eigenvalue weighted by Gasteiger charge is 2.44. The Kier molecular flexibility index (Phi) is 16.2. The van der Waals surface area contributed by atoms with E-state index in [1.165, 1.54) is 30.3 Å². The van der Waals surface area contributed by atoms with Crippen molar-refractivity contribution in [3.63, 3.8) is 0 Å². The van der Waals surface area contributed by atoms with Gasteiger partial charge < -0.3 is 9.16 Å². The zero-order valence-electron chi connectivity index (χ0n) is 27.2. The third-order valence-corrected chi connectivity index (χ3v) is 17.1. The minimum atomic E-state index is -1.80. The Morgan fingerprint density at radius 1 is 0.674 bits per heavy atom. The fourth-order valence-electron chi connectivity index (χ4n) is 6.68. The molecule has 0 N–H and O–H groups in total. The first-order valence-electron chi connectivity index (χ1n) is 16.1. The SMILES string of the molecule is CC(C)[Si](OCCCCCN(Cc1ccccc1I)C(COCc1ccccc1I)Cc1ccccc1)(C(C)C)C(C)C. The summed E-state index contributed by atoms with van der Waals surface area (Å²) >= 11 is 4.90. The van der Waals surface area contributed by atoms with Gasteiger partial charge in [0.15, 0.2) is 8.32 Å². The molecule has 1 atom stereocenters. The maximum atomic E-state index is 6.87. The van der Waals surface area contributed by atoms with Crippen LogP contribution in [-0.2, 0) is 28.7 Å². The predicted molar refractivity (Wildman–Crippen MR) is 203 cm³/mol. The Bertz CT molecular complexity index is 1180. The third-order valence-electron chi connectivity index (χ3n) is 8.84. The Morgan fingerprint density at radius 2 is 1.23 bits per heavy atom. The maximum Gasteiger partial charge on any atom is 0.200 e. The van der Waals surface area contributed by atoms with Gasteiger partial charge >= 0.3 is 0 Å². The van der Waals surface area contributed by atoms with Gasteiger partial charge in [-0.1, -0.05) is 108 Å². The molecule has 0 saturated heterocycles. The number of rotatable bonds is 19. The van der Waals surface area contributed by atoms with Gasteiger partial charge in [0.25, 0.3) is 0 Å². The van der Waals surface area contributed by atoms with Gasteiger partial charge in [-0.3, -0.25) is 4.90 Å². The molecule has 0 aliphatic carbocycles. The molecule has 0 aliphatic rings. The van der Waals surface area contributed by atoms with Crippen LogP contribution in [0, 0.1) is 7.14 Å². The predicted octanol–water partition coefficient (Wildman–Crippen LogP) is 10.9. The first kappa shape index (κ1) is 36.7. The van der Waals surface area contributed by atoms with Crippen LogP contribution in [0.25, 0.3) is 0 Å². The lowest BCUT2D eigenvalue weighted by atomic mass is 10.0. The van der Waals surface area contributed by atoms with Crippen LogP contribution in [0.15, 0.2) is 78.9 Å². The second kappa shape index (κ2) is 19.0. The highest BCUT2D eigenvalue weighted by atomic mass is 127. The summed E-state index contributed by atoms with van der Waals surface area (Å²) < 4.78 is 15.9. The number of ether oxygens (including phenoxy) is 1. The minimum Gasteiger partial charge on any atom is -0.416 e. The molecular weight excluding hydrogens is 772 g/mol. The van der Waals surface area contributed by atoms with Gasteiger partial charge in [0.05, 0.1) is 13.2 Å². The summed E-state index contributed by atoms with van der Waals surface area (Å²) in [4.78, 5) is 2.68. The normalized spacial score (nSPS) is 13.0. The molecule has 0 spiro atoms. The van der Waals surface area contributed by atoms with E-state index in [0.717, 1.165) is 39.0 Å². The van der Waals surface area contributed by atoms with Gasteiger partial charge in [-0.25, -0.2) is 0 Å². The number of nitrogens with zero attached hydrogens (tertiary/aromatic N) is 1. The Balaban J connectivity index is 1.70. The number of hydrogen-bond acceptors (Lipinski definition) is 3. The van der Waals surface area contributed by atoms with Crippen molar-refractivity contribution in [2.45, 2.75) is 103 Å². The molecule has 3 aromatic rings. The van der Waals surface area contributed by atoms with Crippen molar-refractivity contribution in [3.8, 4) is 0 Å². The van der Waals surface area contributed by atoms with Gasteiger partial charge in [0.2, 0.25) is 0 Å². The highest BCUT2D eigenvalue weighted by molar-refractivity contribution is 14.1. The van der Waals surface area contributed by atoms with Crippen molar-refractivity contribution in [2.75, 3.05) is 19.8 Å². The van der Waals surface area contributed by atoms with Gasteiger partial charge in [-0.15, -0.1) is 0 Å². The topological polar surface area (TPSA) is 21.7 Å². The van der Waals surface area contributed by atoms with E-state index in [-0.39, 0.29) is 0 Å². The molecule has 0 saturated carbocycles. The zero-order valence-corrected chi connectivity index (χ0v) is 32.5. The molecule has 1 unspecified atom stereocenters. The van der Waals surface area contributed by atoms with E-state index >= 15 is 0 Å². The molecule has 43 heavy (non-hydrogen) atoms. The third kappa shape index (κ3) is 11.2. The Hall–Kier alpha value is -0.783. The van der Waals surface area contributed by atoms with Gasteiger partial charge in [0.1, 0.15) is 0 Å². The zero-order chi connectivity index (χ0) is 31.2. The summed E-state index contributed by atoms with van der Waals surface area (Å²) in [6.07, 6.45) is 4.45.